The molecule has 0 unspecified atom stereocenters. The minimum absolute atomic E-state index is 0.0287. The number of thiophene rings is 1. The van der Waals surface area contributed by atoms with Gasteiger partial charge in [0.05, 0.1) is 5.60 Å². The Morgan fingerprint density at radius 3 is 2.33 bits per heavy atom. The molecule has 0 amide bonds. The first kappa shape index (κ1) is 14.7. The molecular formula is C15H17NO3S2. The minimum Gasteiger partial charge on any atom is -0.388 e. The van der Waals surface area contributed by atoms with Crippen molar-refractivity contribution >= 4 is 21.4 Å². The fraction of sp³-hybridized carbons (Fsp3) is 0.333. The number of aliphatic hydroxyl groups is 1. The fourth-order valence-electron chi connectivity index (χ4n) is 2.66. The van der Waals surface area contributed by atoms with Crippen LogP contribution in [0.3, 0.4) is 0 Å². The van der Waals surface area contributed by atoms with Crippen molar-refractivity contribution in [3.05, 3.63) is 52.4 Å². The Morgan fingerprint density at radius 1 is 1.19 bits per heavy atom. The highest BCUT2D eigenvalue weighted by atomic mass is 32.2. The first-order valence-corrected chi connectivity index (χ1v) is 9.03. The Kier molecular flexibility index (Phi) is 3.65. The van der Waals surface area contributed by atoms with E-state index in [-0.39, 0.29) is 6.54 Å². The van der Waals surface area contributed by atoms with Gasteiger partial charge in [-0.1, -0.05) is 24.3 Å². The van der Waals surface area contributed by atoms with Crippen molar-refractivity contribution in [2.24, 2.45) is 0 Å². The van der Waals surface area contributed by atoms with E-state index in [4.69, 9.17) is 0 Å². The molecule has 0 aliphatic heterocycles. The summed E-state index contributed by atoms with van der Waals surface area (Å²) in [7, 11) is -3.54. The van der Waals surface area contributed by atoms with Crippen LogP contribution in [-0.4, -0.2) is 25.7 Å². The molecule has 1 aromatic heterocycles. The van der Waals surface area contributed by atoms with Crippen LogP contribution in [0.2, 0.25) is 0 Å². The van der Waals surface area contributed by atoms with Crippen LogP contribution in [0.4, 0.5) is 0 Å². The van der Waals surface area contributed by atoms with Crippen LogP contribution < -0.4 is 4.72 Å². The Hall–Kier alpha value is -1.21. The van der Waals surface area contributed by atoms with Gasteiger partial charge in [0.1, 0.15) is 4.21 Å². The Labute approximate surface area is 128 Å². The summed E-state index contributed by atoms with van der Waals surface area (Å²) in [4.78, 5) is 0.947. The van der Waals surface area contributed by atoms with Gasteiger partial charge in [0.25, 0.3) is 0 Å². The van der Waals surface area contributed by atoms with Crippen molar-refractivity contribution in [3.8, 4) is 0 Å². The maximum absolute atomic E-state index is 12.2. The van der Waals surface area contributed by atoms with Crippen molar-refractivity contribution < 1.29 is 13.5 Å². The molecule has 0 saturated carbocycles. The Morgan fingerprint density at radius 2 is 1.81 bits per heavy atom. The predicted molar refractivity (Wildman–Crippen MR) is 83.0 cm³/mol. The maximum Gasteiger partial charge on any atom is 0.250 e. The molecule has 1 aromatic carbocycles. The van der Waals surface area contributed by atoms with Crippen LogP contribution in [0.5, 0.6) is 0 Å². The lowest BCUT2D eigenvalue weighted by atomic mass is 10.0. The van der Waals surface area contributed by atoms with E-state index in [9.17, 15) is 13.5 Å². The van der Waals surface area contributed by atoms with Crippen LogP contribution in [0.25, 0.3) is 0 Å². The summed E-state index contributed by atoms with van der Waals surface area (Å²) in [6, 6.07) is 11.2. The van der Waals surface area contributed by atoms with Crippen molar-refractivity contribution in [2.45, 2.75) is 29.6 Å². The molecule has 2 N–H and O–H groups in total. The molecule has 2 aromatic rings. The van der Waals surface area contributed by atoms with Crippen LogP contribution in [0.1, 0.15) is 16.0 Å². The second-order valence-electron chi connectivity index (χ2n) is 5.54. The standard InChI is InChI=1S/C15H17NO3S2/c1-11-6-7-14(20-11)21(18,19)16-10-15(17)8-12-4-2-3-5-13(12)9-15/h2-7,16-17H,8-10H2,1H3. The van der Waals surface area contributed by atoms with Crippen molar-refractivity contribution in [1.82, 2.24) is 4.72 Å². The number of benzene rings is 1. The van der Waals surface area contributed by atoms with Crippen molar-refractivity contribution in [2.75, 3.05) is 6.54 Å². The van der Waals surface area contributed by atoms with Gasteiger partial charge in [-0.3, -0.25) is 0 Å². The van der Waals surface area contributed by atoms with Gasteiger partial charge in [0, 0.05) is 24.3 Å². The van der Waals surface area contributed by atoms with Gasteiger partial charge in [0.15, 0.2) is 0 Å². The third-order valence-electron chi connectivity index (χ3n) is 3.73. The lowest BCUT2D eigenvalue weighted by Crippen LogP contribution is -2.43. The molecular weight excluding hydrogens is 306 g/mol. The molecule has 0 bridgehead atoms. The molecule has 1 aliphatic rings. The number of sulfonamides is 1. The molecule has 0 saturated heterocycles. The molecule has 0 radical (unpaired) electrons. The SMILES string of the molecule is Cc1ccc(S(=O)(=O)NCC2(O)Cc3ccccc3C2)s1. The number of hydrogen-bond donors (Lipinski definition) is 2. The molecule has 0 spiro atoms. The summed E-state index contributed by atoms with van der Waals surface area (Å²) in [5.41, 5.74) is 1.14. The van der Waals surface area contributed by atoms with Gasteiger partial charge in [-0.2, -0.15) is 0 Å². The minimum atomic E-state index is -3.54. The number of rotatable bonds is 4. The molecule has 112 valence electrons. The van der Waals surface area contributed by atoms with E-state index in [1.807, 2.05) is 31.2 Å². The summed E-state index contributed by atoms with van der Waals surface area (Å²) in [5, 5.41) is 10.6. The molecule has 4 nitrogen and oxygen atoms in total. The lowest BCUT2D eigenvalue weighted by molar-refractivity contribution is 0.0568. The van der Waals surface area contributed by atoms with Gasteiger partial charge in [-0.05, 0) is 30.2 Å². The van der Waals surface area contributed by atoms with E-state index < -0.39 is 15.6 Å². The van der Waals surface area contributed by atoms with E-state index in [1.54, 1.807) is 12.1 Å². The second kappa shape index (κ2) is 5.21. The number of aryl methyl sites for hydroxylation is 1. The first-order valence-electron chi connectivity index (χ1n) is 6.73. The van der Waals surface area contributed by atoms with Crippen LogP contribution in [-0.2, 0) is 22.9 Å². The van der Waals surface area contributed by atoms with Gasteiger partial charge in [-0.25, -0.2) is 13.1 Å². The molecule has 6 heteroatoms. The van der Waals surface area contributed by atoms with E-state index in [0.29, 0.717) is 17.1 Å². The predicted octanol–water partition coefficient (Wildman–Crippen LogP) is 1.86. The van der Waals surface area contributed by atoms with Crippen molar-refractivity contribution in [1.29, 1.82) is 0 Å². The Balaban J connectivity index is 1.71. The van der Waals surface area contributed by atoms with E-state index >= 15 is 0 Å². The lowest BCUT2D eigenvalue weighted by Gasteiger charge is -2.22. The smallest absolute Gasteiger partial charge is 0.250 e. The van der Waals surface area contributed by atoms with E-state index in [1.165, 1.54) is 11.3 Å². The zero-order valence-electron chi connectivity index (χ0n) is 11.7. The zero-order valence-corrected chi connectivity index (χ0v) is 13.3. The topological polar surface area (TPSA) is 66.4 Å². The van der Waals surface area contributed by atoms with Gasteiger partial charge < -0.3 is 5.11 Å². The number of nitrogens with one attached hydrogen (secondary N) is 1. The molecule has 1 aliphatic carbocycles. The highest BCUT2D eigenvalue weighted by molar-refractivity contribution is 7.91. The molecule has 0 atom stereocenters. The normalized spacial score (nSPS) is 16.9. The quantitative estimate of drug-likeness (QED) is 0.902. The van der Waals surface area contributed by atoms with Crippen LogP contribution in [0.15, 0.2) is 40.6 Å². The first-order chi connectivity index (χ1) is 9.88. The van der Waals surface area contributed by atoms with Crippen LogP contribution >= 0.6 is 11.3 Å². The van der Waals surface area contributed by atoms with E-state index in [2.05, 4.69) is 4.72 Å². The molecule has 3 rings (SSSR count). The largest absolute Gasteiger partial charge is 0.388 e. The second-order valence-corrected chi connectivity index (χ2v) is 8.82. The summed E-state index contributed by atoms with van der Waals surface area (Å²) >= 11 is 1.23. The fourth-order valence-corrected chi connectivity index (χ4v) is 5.10. The molecule has 21 heavy (non-hydrogen) atoms. The zero-order chi connectivity index (χ0) is 15.1. The Bertz CT molecular complexity index is 740. The third kappa shape index (κ3) is 3.03. The number of fused-ring (bicyclic) bond motifs is 1. The van der Waals surface area contributed by atoms with E-state index in [0.717, 1.165) is 16.0 Å². The molecule has 0 fully saturated rings. The van der Waals surface area contributed by atoms with Crippen molar-refractivity contribution in [3.63, 3.8) is 0 Å². The monoisotopic (exact) mass is 323 g/mol. The van der Waals surface area contributed by atoms with Gasteiger partial charge in [-0.15, -0.1) is 11.3 Å². The highest BCUT2D eigenvalue weighted by Crippen LogP contribution is 2.30. The third-order valence-corrected chi connectivity index (χ3v) is 6.62. The summed E-state index contributed by atoms with van der Waals surface area (Å²) in [6.07, 6.45) is 0.963. The average molecular weight is 323 g/mol. The summed E-state index contributed by atoms with van der Waals surface area (Å²) in [5.74, 6) is 0. The average Bonchev–Trinajstić information content (AvgIpc) is 3.00. The number of hydrogen-bond acceptors (Lipinski definition) is 4. The van der Waals surface area contributed by atoms with Gasteiger partial charge >= 0.3 is 0 Å². The molecule has 1 heterocycles. The summed E-state index contributed by atoms with van der Waals surface area (Å²) in [6.45, 7) is 1.89. The summed E-state index contributed by atoms with van der Waals surface area (Å²) < 4.78 is 27.2. The highest BCUT2D eigenvalue weighted by Gasteiger charge is 2.36. The van der Waals surface area contributed by atoms with Crippen LogP contribution in [0, 0.1) is 6.92 Å². The maximum atomic E-state index is 12.2. The van der Waals surface area contributed by atoms with Gasteiger partial charge in [0.2, 0.25) is 10.0 Å².